The molecule has 6 heteroatoms. The van der Waals surface area contributed by atoms with Gasteiger partial charge in [0.2, 0.25) is 0 Å². The molecule has 0 bridgehead atoms. The summed E-state index contributed by atoms with van der Waals surface area (Å²) >= 11 is 6.16. The summed E-state index contributed by atoms with van der Waals surface area (Å²) in [5.41, 5.74) is 2.02. The van der Waals surface area contributed by atoms with Crippen LogP contribution in [0, 0.1) is 0 Å². The summed E-state index contributed by atoms with van der Waals surface area (Å²) < 4.78 is 5.16. The van der Waals surface area contributed by atoms with Gasteiger partial charge >= 0.3 is 0 Å². The predicted molar refractivity (Wildman–Crippen MR) is 104 cm³/mol. The van der Waals surface area contributed by atoms with Gasteiger partial charge in [-0.3, -0.25) is 9.78 Å². The number of amides is 1. The Labute approximate surface area is 159 Å². The third-order valence-electron chi connectivity index (χ3n) is 4.62. The number of carbonyl (C=O) groups is 1. The Morgan fingerprint density at radius 2 is 1.85 bits per heavy atom. The molecule has 1 aliphatic carbocycles. The Morgan fingerprint density at radius 1 is 1.12 bits per heavy atom. The summed E-state index contributed by atoms with van der Waals surface area (Å²) in [7, 11) is 1.58. The molecular weight excluding hydrogens is 350 g/mol. The van der Waals surface area contributed by atoms with Gasteiger partial charge in [0.1, 0.15) is 11.4 Å². The van der Waals surface area contributed by atoms with E-state index in [4.69, 9.17) is 16.3 Å². The molecule has 138 valence electrons. The SMILES string of the molecule is COc1ccc(Nc2ccnc(C(=O)NC3CCCCCC3)c2)cc1Cl. The highest BCUT2D eigenvalue weighted by molar-refractivity contribution is 6.32. The average Bonchev–Trinajstić information content (AvgIpc) is 2.91. The molecule has 1 aliphatic rings. The van der Waals surface area contributed by atoms with Crippen molar-refractivity contribution in [3.05, 3.63) is 47.2 Å². The van der Waals surface area contributed by atoms with Crippen molar-refractivity contribution in [2.75, 3.05) is 12.4 Å². The van der Waals surface area contributed by atoms with Crippen LogP contribution in [0.2, 0.25) is 5.02 Å². The second-order valence-corrected chi connectivity index (χ2v) is 6.97. The van der Waals surface area contributed by atoms with E-state index >= 15 is 0 Å². The molecule has 0 radical (unpaired) electrons. The number of methoxy groups -OCH3 is 1. The van der Waals surface area contributed by atoms with E-state index in [0.29, 0.717) is 16.5 Å². The molecule has 0 saturated heterocycles. The first-order chi connectivity index (χ1) is 12.7. The number of benzene rings is 1. The van der Waals surface area contributed by atoms with Crippen LogP contribution in [0.5, 0.6) is 5.75 Å². The summed E-state index contributed by atoms with van der Waals surface area (Å²) in [5.74, 6) is 0.503. The van der Waals surface area contributed by atoms with Crippen molar-refractivity contribution in [3.63, 3.8) is 0 Å². The Kier molecular flexibility index (Phi) is 6.34. The Balaban J connectivity index is 1.67. The molecule has 2 aromatic rings. The van der Waals surface area contributed by atoms with Crippen LogP contribution in [0.25, 0.3) is 0 Å². The van der Waals surface area contributed by atoms with Gasteiger partial charge < -0.3 is 15.4 Å². The van der Waals surface area contributed by atoms with Crippen molar-refractivity contribution in [2.45, 2.75) is 44.6 Å². The molecule has 0 atom stereocenters. The highest BCUT2D eigenvalue weighted by Gasteiger charge is 2.16. The van der Waals surface area contributed by atoms with E-state index < -0.39 is 0 Å². The fraction of sp³-hybridized carbons (Fsp3) is 0.400. The lowest BCUT2D eigenvalue weighted by molar-refractivity contribution is 0.0928. The zero-order valence-corrected chi connectivity index (χ0v) is 15.7. The minimum atomic E-state index is -0.117. The van der Waals surface area contributed by atoms with E-state index in [1.807, 2.05) is 12.1 Å². The highest BCUT2D eigenvalue weighted by Crippen LogP contribution is 2.28. The molecule has 26 heavy (non-hydrogen) atoms. The van der Waals surface area contributed by atoms with Crippen molar-refractivity contribution in [3.8, 4) is 5.75 Å². The van der Waals surface area contributed by atoms with E-state index in [0.717, 1.165) is 24.2 Å². The first-order valence-electron chi connectivity index (χ1n) is 9.03. The maximum Gasteiger partial charge on any atom is 0.270 e. The van der Waals surface area contributed by atoms with Crippen LogP contribution in [0.1, 0.15) is 49.0 Å². The van der Waals surface area contributed by atoms with E-state index in [1.165, 1.54) is 25.7 Å². The molecule has 0 spiro atoms. The Bertz CT molecular complexity index is 758. The molecular formula is C20H24ClN3O2. The van der Waals surface area contributed by atoms with Crippen molar-refractivity contribution in [1.82, 2.24) is 10.3 Å². The maximum absolute atomic E-state index is 12.5. The number of hydrogen-bond acceptors (Lipinski definition) is 4. The van der Waals surface area contributed by atoms with Gasteiger partial charge in [-0.25, -0.2) is 0 Å². The smallest absolute Gasteiger partial charge is 0.270 e. The predicted octanol–water partition coefficient (Wildman–Crippen LogP) is 4.94. The Hall–Kier alpha value is -2.27. The number of nitrogens with zero attached hydrogens (tertiary/aromatic N) is 1. The number of rotatable bonds is 5. The fourth-order valence-corrected chi connectivity index (χ4v) is 3.48. The molecule has 5 nitrogen and oxygen atoms in total. The van der Waals surface area contributed by atoms with Crippen LogP contribution >= 0.6 is 11.6 Å². The van der Waals surface area contributed by atoms with Crippen LogP contribution in [-0.4, -0.2) is 24.0 Å². The molecule has 0 aliphatic heterocycles. The standard InChI is InChI=1S/C20H24ClN3O2/c1-26-19-9-8-15(12-17(19)21)23-16-10-11-22-18(13-16)20(25)24-14-6-4-2-3-5-7-14/h8-14H,2-7H2,1H3,(H,22,23)(H,24,25). The van der Waals surface area contributed by atoms with Crippen LogP contribution in [-0.2, 0) is 0 Å². The number of hydrogen-bond donors (Lipinski definition) is 2. The summed E-state index contributed by atoms with van der Waals surface area (Å²) in [5, 5.41) is 6.89. The van der Waals surface area contributed by atoms with Crippen LogP contribution in [0.15, 0.2) is 36.5 Å². The van der Waals surface area contributed by atoms with Gasteiger partial charge in [-0.15, -0.1) is 0 Å². The normalized spacial score (nSPS) is 15.2. The van der Waals surface area contributed by atoms with E-state index in [1.54, 1.807) is 31.5 Å². The van der Waals surface area contributed by atoms with Crippen LogP contribution in [0.3, 0.4) is 0 Å². The van der Waals surface area contributed by atoms with Crippen LogP contribution < -0.4 is 15.4 Å². The largest absolute Gasteiger partial charge is 0.495 e. The quantitative estimate of drug-likeness (QED) is 0.728. The summed E-state index contributed by atoms with van der Waals surface area (Å²) in [6.45, 7) is 0. The van der Waals surface area contributed by atoms with Gasteiger partial charge in [-0.1, -0.05) is 37.3 Å². The molecule has 1 aromatic heterocycles. The first-order valence-corrected chi connectivity index (χ1v) is 9.41. The first kappa shape index (κ1) is 18.5. The molecule has 0 unspecified atom stereocenters. The van der Waals surface area contributed by atoms with Gasteiger partial charge in [-0.05, 0) is 43.2 Å². The number of aromatic nitrogens is 1. The second-order valence-electron chi connectivity index (χ2n) is 6.57. The van der Waals surface area contributed by atoms with E-state index in [9.17, 15) is 4.79 Å². The third kappa shape index (κ3) is 4.88. The Morgan fingerprint density at radius 3 is 2.54 bits per heavy atom. The summed E-state index contributed by atoms with van der Waals surface area (Å²) in [6.07, 6.45) is 8.61. The van der Waals surface area contributed by atoms with Gasteiger partial charge in [0.05, 0.1) is 12.1 Å². The molecule has 1 heterocycles. The third-order valence-corrected chi connectivity index (χ3v) is 4.92. The number of ether oxygens (including phenoxy) is 1. The van der Waals surface area contributed by atoms with Crippen molar-refractivity contribution < 1.29 is 9.53 Å². The molecule has 1 saturated carbocycles. The van der Waals surface area contributed by atoms with Gasteiger partial charge in [0.25, 0.3) is 5.91 Å². The van der Waals surface area contributed by atoms with Gasteiger partial charge in [0.15, 0.2) is 0 Å². The second kappa shape index (κ2) is 8.90. The van der Waals surface area contributed by atoms with E-state index in [-0.39, 0.29) is 11.9 Å². The van der Waals surface area contributed by atoms with Crippen molar-refractivity contribution in [1.29, 1.82) is 0 Å². The molecule has 2 N–H and O–H groups in total. The molecule has 3 rings (SSSR count). The minimum absolute atomic E-state index is 0.117. The lowest BCUT2D eigenvalue weighted by Gasteiger charge is -2.16. The number of carbonyl (C=O) groups excluding carboxylic acids is 1. The lowest BCUT2D eigenvalue weighted by atomic mass is 10.1. The zero-order chi connectivity index (χ0) is 18.4. The number of nitrogens with one attached hydrogen (secondary N) is 2. The van der Waals surface area contributed by atoms with Crippen molar-refractivity contribution in [2.24, 2.45) is 0 Å². The topological polar surface area (TPSA) is 63.2 Å². The average molecular weight is 374 g/mol. The van der Waals surface area contributed by atoms with E-state index in [2.05, 4.69) is 15.6 Å². The molecule has 1 amide bonds. The zero-order valence-electron chi connectivity index (χ0n) is 14.9. The number of anilines is 2. The fourth-order valence-electron chi connectivity index (χ4n) is 3.23. The summed E-state index contributed by atoms with van der Waals surface area (Å²) in [4.78, 5) is 16.7. The van der Waals surface area contributed by atoms with Gasteiger partial charge in [-0.2, -0.15) is 0 Å². The van der Waals surface area contributed by atoms with Gasteiger partial charge in [0, 0.05) is 23.6 Å². The monoisotopic (exact) mass is 373 g/mol. The number of pyridine rings is 1. The van der Waals surface area contributed by atoms with Crippen LogP contribution in [0.4, 0.5) is 11.4 Å². The molecule has 1 fully saturated rings. The molecule has 1 aromatic carbocycles. The lowest BCUT2D eigenvalue weighted by Crippen LogP contribution is -2.34. The minimum Gasteiger partial charge on any atom is -0.495 e. The maximum atomic E-state index is 12.5. The number of halogens is 1. The van der Waals surface area contributed by atoms with Crippen molar-refractivity contribution >= 4 is 28.9 Å². The summed E-state index contributed by atoms with van der Waals surface area (Å²) in [6, 6.07) is 9.28. The highest BCUT2D eigenvalue weighted by atomic mass is 35.5.